The zero-order valence-electron chi connectivity index (χ0n) is 13.2. The molecule has 4 heteroatoms. The number of rotatable bonds is 4. The summed E-state index contributed by atoms with van der Waals surface area (Å²) >= 11 is 0. The molecule has 1 aliphatic heterocycles. The molecular formula is C17H27N3O. The molecule has 1 aromatic carbocycles. The van der Waals surface area contributed by atoms with Crippen molar-refractivity contribution in [1.82, 2.24) is 10.2 Å². The van der Waals surface area contributed by atoms with E-state index in [0.717, 1.165) is 38.2 Å². The number of carbonyl (C=O) groups excluding carboxylic acids is 1. The largest absolute Gasteiger partial charge is 0.325 e. The van der Waals surface area contributed by atoms with E-state index in [1.54, 1.807) is 0 Å². The van der Waals surface area contributed by atoms with E-state index in [1.165, 1.54) is 18.4 Å². The van der Waals surface area contributed by atoms with Gasteiger partial charge in [-0.3, -0.25) is 0 Å². The fraction of sp³-hybridized carbons (Fsp3) is 0.588. The first-order valence-electron chi connectivity index (χ1n) is 8.10. The minimum Gasteiger partial charge on any atom is -0.325 e. The Morgan fingerprint density at radius 1 is 1.14 bits per heavy atom. The fourth-order valence-corrected chi connectivity index (χ4v) is 2.76. The average Bonchev–Trinajstić information content (AvgIpc) is 2.77. The Kier molecular flexibility index (Phi) is 6.05. The molecule has 0 aromatic heterocycles. The Morgan fingerprint density at radius 2 is 1.76 bits per heavy atom. The van der Waals surface area contributed by atoms with Gasteiger partial charge in [0.05, 0.1) is 0 Å². The Labute approximate surface area is 127 Å². The van der Waals surface area contributed by atoms with E-state index < -0.39 is 0 Å². The lowest BCUT2D eigenvalue weighted by Gasteiger charge is -2.21. The molecule has 1 atom stereocenters. The van der Waals surface area contributed by atoms with Crippen LogP contribution in [0.2, 0.25) is 0 Å². The van der Waals surface area contributed by atoms with Crippen LogP contribution >= 0.6 is 0 Å². The minimum atomic E-state index is 0.0318. The van der Waals surface area contributed by atoms with Gasteiger partial charge in [0.25, 0.3) is 0 Å². The highest BCUT2D eigenvalue weighted by Gasteiger charge is 2.15. The van der Waals surface area contributed by atoms with Crippen molar-refractivity contribution in [2.45, 2.75) is 45.6 Å². The van der Waals surface area contributed by atoms with Crippen molar-refractivity contribution < 1.29 is 4.79 Å². The lowest BCUT2D eigenvalue weighted by molar-refractivity contribution is 0.214. The van der Waals surface area contributed by atoms with Crippen LogP contribution in [0.4, 0.5) is 10.5 Å². The van der Waals surface area contributed by atoms with Gasteiger partial charge >= 0.3 is 6.03 Å². The summed E-state index contributed by atoms with van der Waals surface area (Å²) in [4.78, 5) is 14.2. The highest BCUT2D eigenvalue weighted by Crippen LogP contribution is 2.17. The van der Waals surface area contributed by atoms with Gasteiger partial charge in [0.1, 0.15) is 0 Å². The lowest BCUT2D eigenvalue weighted by Crippen LogP contribution is -2.35. The number of anilines is 1. The molecule has 4 nitrogen and oxygen atoms in total. The second kappa shape index (κ2) is 8.03. The van der Waals surface area contributed by atoms with Gasteiger partial charge in [-0.25, -0.2) is 4.79 Å². The third-order valence-corrected chi connectivity index (χ3v) is 4.07. The molecule has 2 rings (SSSR count). The summed E-state index contributed by atoms with van der Waals surface area (Å²) in [5, 5.41) is 6.39. The van der Waals surface area contributed by atoms with Crippen LogP contribution in [0.25, 0.3) is 0 Å². The van der Waals surface area contributed by atoms with E-state index in [1.807, 2.05) is 17.0 Å². The monoisotopic (exact) mass is 289 g/mol. The van der Waals surface area contributed by atoms with Gasteiger partial charge in [-0.15, -0.1) is 0 Å². The second-order valence-electron chi connectivity index (χ2n) is 5.73. The zero-order chi connectivity index (χ0) is 15.1. The summed E-state index contributed by atoms with van der Waals surface area (Å²) < 4.78 is 0. The summed E-state index contributed by atoms with van der Waals surface area (Å²) in [7, 11) is 0. The Balaban J connectivity index is 1.91. The number of hydrogen-bond donors (Lipinski definition) is 2. The molecule has 2 amide bonds. The van der Waals surface area contributed by atoms with Crippen molar-refractivity contribution in [1.29, 1.82) is 0 Å². The molecule has 0 radical (unpaired) electrons. The normalized spacial score (nSPS) is 17.1. The molecule has 1 aromatic rings. The van der Waals surface area contributed by atoms with Gasteiger partial charge in [0.2, 0.25) is 0 Å². The van der Waals surface area contributed by atoms with Gasteiger partial charge in [0.15, 0.2) is 0 Å². The molecule has 1 fully saturated rings. The number of nitrogens with zero attached hydrogens (tertiary/aromatic N) is 1. The van der Waals surface area contributed by atoms with E-state index in [2.05, 4.69) is 36.6 Å². The summed E-state index contributed by atoms with van der Waals surface area (Å²) in [5.41, 5.74) is 2.11. The van der Waals surface area contributed by atoms with Crippen molar-refractivity contribution in [3.63, 3.8) is 0 Å². The van der Waals surface area contributed by atoms with E-state index >= 15 is 0 Å². The standard InChI is InChI=1S/C17H27N3O/c1-3-18-14(2)15-8-10-16(11-9-15)19-17(21)20-12-6-4-5-7-13-20/h8-11,14,18H,3-7,12-13H2,1-2H3,(H,19,21). The molecule has 0 aliphatic carbocycles. The van der Waals surface area contributed by atoms with E-state index in [0.29, 0.717) is 6.04 Å². The maximum atomic E-state index is 12.2. The van der Waals surface area contributed by atoms with Crippen LogP contribution in [-0.2, 0) is 0 Å². The van der Waals surface area contributed by atoms with Crippen molar-refractivity contribution in [3.8, 4) is 0 Å². The fourth-order valence-electron chi connectivity index (χ4n) is 2.76. The highest BCUT2D eigenvalue weighted by molar-refractivity contribution is 5.89. The molecule has 0 bridgehead atoms. The van der Waals surface area contributed by atoms with E-state index in [4.69, 9.17) is 0 Å². The van der Waals surface area contributed by atoms with E-state index in [-0.39, 0.29) is 6.03 Å². The molecule has 0 saturated carbocycles. The van der Waals surface area contributed by atoms with Gasteiger partial charge in [-0.2, -0.15) is 0 Å². The Hall–Kier alpha value is -1.55. The maximum absolute atomic E-state index is 12.2. The maximum Gasteiger partial charge on any atom is 0.321 e. The quantitative estimate of drug-likeness (QED) is 0.886. The Bertz CT molecular complexity index is 436. The van der Waals surface area contributed by atoms with Crippen LogP contribution < -0.4 is 10.6 Å². The van der Waals surface area contributed by atoms with Gasteiger partial charge < -0.3 is 15.5 Å². The smallest absolute Gasteiger partial charge is 0.321 e. The molecule has 21 heavy (non-hydrogen) atoms. The van der Waals surface area contributed by atoms with Crippen LogP contribution in [0.3, 0.4) is 0 Å². The SMILES string of the molecule is CCNC(C)c1ccc(NC(=O)N2CCCCCC2)cc1. The topological polar surface area (TPSA) is 44.4 Å². The van der Waals surface area contributed by atoms with Crippen molar-refractivity contribution in [3.05, 3.63) is 29.8 Å². The first kappa shape index (κ1) is 15.8. The van der Waals surface area contributed by atoms with Gasteiger partial charge in [0, 0.05) is 24.8 Å². The highest BCUT2D eigenvalue weighted by atomic mass is 16.2. The third kappa shape index (κ3) is 4.74. The summed E-state index contributed by atoms with van der Waals surface area (Å²) in [6, 6.07) is 8.49. The van der Waals surface area contributed by atoms with Crippen LogP contribution in [0, 0.1) is 0 Å². The number of likely N-dealkylation sites (tertiary alicyclic amines) is 1. The number of amides is 2. The van der Waals surface area contributed by atoms with Crippen LogP contribution in [-0.4, -0.2) is 30.6 Å². The molecule has 116 valence electrons. The molecule has 1 unspecified atom stereocenters. The number of nitrogens with one attached hydrogen (secondary N) is 2. The third-order valence-electron chi connectivity index (χ3n) is 4.07. The predicted octanol–water partition coefficient (Wildman–Crippen LogP) is 3.77. The lowest BCUT2D eigenvalue weighted by atomic mass is 10.1. The number of benzene rings is 1. The number of urea groups is 1. The van der Waals surface area contributed by atoms with Gasteiger partial charge in [-0.05, 0) is 44.0 Å². The van der Waals surface area contributed by atoms with Crippen molar-refractivity contribution in [2.75, 3.05) is 25.0 Å². The number of carbonyl (C=O) groups is 1. The first-order chi connectivity index (χ1) is 10.2. The van der Waals surface area contributed by atoms with Crippen LogP contribution in [0.5, 0.6) is 0 Å². The van der Waals surface area contributed by atoms with Crippen molar-refractivity contribution in [2.24, 2.45) is 0 Å². The molecular weight excluding hydrogens is 262 g/mol. The average molecular weight is 289 g/mol. The molecule has 1 saturated heterocycles. The zero-order valence-corrected chi connectivity index (χ0v) is 13.2. The summed E-state index contributed by atoms with van der Waals surface area (Å²) in [6.45, 7) is 6.96. The van der Waals surface area contributed by atoms with Gasteiger partial charge in [-0.1, -0.05) is 31.9 Å². The minimum absolute atomic E-state index is 0.0318. The van der Waals surface area contributed by atoms with Crippen LogP contribution in [0.1, 0.15) is 51.1 Å². The molecule has 1 heterocycles. The van der Waals surface area contributed by atoms with Crippen LogP contribution in [0.15, 0.2) is 24.3 Å². The Morgan fingerprint density at radius 3 is 2.33 bits per heavy atom. The molecule has 2 N–H and O–H groups in total. The predicted molar refractivity (Wildman–Crippen MR) is 87.6 cm³/mol. The molecule has 0 spiro atoms. The molecule has 1 aliphatic rings. The van der Waals surface area contributed by atoms with Crippen molar-refractivity contribution >= 4 is 11.7 Å². The van der Waals surface area contributed by atoms with E-state index in [9.17, 15) is 4.79 Å². The second-order valence-corrected chi connectivity index (χ2v) is 5.73. The summed E-state index contributed by atoms with van der Waals surface area (Å²) in [6.07, 6.45) is 4.71. The first-order valence-corrected chi connectivity index (χ1v) is 8.10. The number of hydrogen-bond acceptors (Lipinski definition) is 2. The summed E-state index contributed by atoms with van der Waals surface area (Å²) in [5.74, 6) is 0.